The third-order valence-electron chi connectivity index (χ3n) is 1.67. The highest BCUT2D eigenvalue weighted by Crippen LogP contribution is 2.39. The lowest BCUT2D eigenvalue weighted by molar-refractivity contribution is 0.113. The van der Waals surface area contributed by atoms with Gasteiger partial charge in [-0.15, -0.1) is 0 Å². The van der Waals surface area contributed by atoms with Gasteiger partial charge in [0.2, 0.25) is 0 Å². The summed E-state index contributed by atoms with van der Waals surface area (Å²) in [5.41, 5.74) is 0. The first-order chi connectivity index (χ1) is 7.14. The molecule has 16 heavy (non-hydrogen) atoms. The smallest absolute Gasteiger partial charge is 0.303 e. The van der Waals surface area contributed by atoms with Gasteiger partial charge in [-0.3, -0.25) is 9.05 Å². The first-order valence-electron chi connectivity index (χ1n) is 4.58. The lowest BCUT2D eigenvalue weighted by Crippen LogP contribution is -2.11. The Kier molecular flexibility index (Phi) is 6.93. The van der Waals surface area contributed by atoms with E-state index in [2.05, 4.69) is 9.05 Å². The second kappa shape index (κ2) is 6.83. The number of phosphoric acid groups is 2. The van der Waals surface area contributed by atoms with Gasteiger partial charge in [-0.2, -0.15) is 0 Å². The second-order valence-corrected chi connectivity index (χ2v) is 5.52. The molecule has 0 bridgehead atoms. The minimum atomic E-state index is -4.51. The molecule has 0 aromatic rings. The fourth-order valence-corrected chi connectivity index (χ4v) is 2.03. The summed E-state index contributed by atoms with van der Waals surface area (Å²) in [6, 6.07) is 0. The summed E-state index contributed by atoms with van der Waals surface area (Å²) in [6.07, 6.45) is 0.230. The Morgan fingerprint density at radius 2 is 1.69 bits per heavy atom. The maximum Gasteiger partial charge on any atom is 0.469 e. The van der Waals surface area contributed by atoms with Crippen molar-refractivity contribution in [2.45, 2.75) is 32.3 Å². The van der Waals surface area contributed by atoms with Crippen LogP contribution in [0.1, 0.15) is 26.2 Å². The normalized spacial score (nSPS) is 15.1. The molecule has 0 saturated carbocycles. The van der Waals surface area contributed by atoms with Crippen molar-refractivity contribution < 1.29 is 37.8 Å². The molecule has 0 radical (unpaired) electrons. The van der Waals surface area contributed by atoms with Crippen LogP contribution in [-0.4, -0.2) is 32.3 Å². The Morgan fingerprint density at radius 3 is 2.06 bits per heavy atom. The van der Waals surface area contributed by atoms with Crippen molar-refractivity contribution in [3.63, 3.8) is 0 Å². The summed E-state index contributed by atoms with van der Waals surface area (Å²) in [5.74, 6) is 0. The van der Waals surface area contributed by atoms with Gasteiger partial charge in [-0.1, -0.05) is 6.92 Å². The van der Waals surface area contributed by atoms with E-state index < -0.39 is 21.7 Å². The third-order valence-corrected chi connectivity index (χ3v) is 2.76. The van der Waals surface area contributed by atoms with Crippen LogP contribution < -0.4 is 0 Å². The third kappa shape index (κ3) is 10.7. The Bertz CT molecular complexity index is 280. The van der Waals surface area contributed by atoms with Crippen LogP contribution in [0.2, 0.25) is 0 Å². The summed E-state index contributed by atoms with van der Waals surface area (Å²) >= 11 is 0. The van der Waals surface area contributed by atoms with Crippen molar-refractivity contribution in [3.05, 3.63) is 0 Å². The SMILES string of the molecule is CCC(CCCOP(=O)(O)O)OP(=O)(O)O. The molecule has 1 atom stereocenters. The molecule has 10 heteroatoms. The molecular formula is C6H16O8P2. The van der Waals surface area contributed by atoms with Gasteiger partial charge in [0, 0.05) is 0 Å². The van der Waals surface area contributed by atoms with Gasteiger partial charge in [0.05, 0.1) is 12.7 Å². The summed E-state index contributed by atoms with van der Waals surface area (Å²) < 4.78 is 29.4. The largest absolute Gasteiger partial charge is 0.469 e. The van der Waals surface area contributed by atoms with Gasteiger partial charge < -0.3 is 19.6 Å². The Balaban J connectivity index is 3.81. The van der Waals surface area contributed by atoms with Gasteiger partial charge in [-0.25, -0.2) is 9.13 Å². The first-order valence-corrected chi connectivity index (χ1v) is 7.64. The van der Waals surface area contributed by atoms with Gasteiger partial charge in [-0.05, 0) is 19.3 Å². The van der Waals surface area contributed by atoms with Crippen molar-refractivity contribution in [1.82, 2.24) is 0 Å². The van der Waals surface area contributed by atoms with E-state index in [9.17, 15) is 9.13 Å². The summed E-state index contributed by atoms with van der Waals surface area (Å²) in [6.45, 7) is 1.50. The van der Waals surface area contributed by atoms with Crippen LogP contribution >= 0.6 is 15.6 Å². The standard InChI is InChI=1S/C6H16O8P2/c1-2-6(14-16(10,11)12)4-3-5-13-15(7,8)9/h6H,2-5H2,1H3,(H2,7,8,9)(H2,10,11,12). The quantitative estimate of drug-likeness (QED) is 0.377. The zero-order valence-electron chi connectivity index (χ0n) is 8.72. The van der Waals surface area contributed by atoms with Crippen LogP contribution in [0.15, 0.2) is 0 Å². The highest BCUT2D eigenvalue weighted by atomic mass is 31.2. The van der Waals surface area contributed by atoms with Crippen LogP contribution in [0.3, 0.4) is 0 Å². The zero-order valence-corrected chi connectivity index (χ0v) is 10.5. The van der Waals surface area contributed by atoms with Gasteiger partial charge in [0.25, 0.3) is 0 Å². The molecule has 1 unspecified atom stereocenters. The lowest BCUT2D eigenvalue weighted by Gasteiger charge is -2.16. The number of hydrogen-bond acceptors (Lipinski definition) is 4. The minimum absolute atomic E-state index is 0.189. The first kappa shape index (κ1) is 16.2. The lowest BCUT2D eigenvalue weighted by atomic mass is 10.2. The molecule has 98 valence electrons. The van der Waals surface area contributed by atoms with Crippen LogP contribution in [0.4, 0.5) is 0 Å². The molecule has 8 nitrogen and oxygen atoms in total. The summed E-state index contributed by atoms with van der Waals surface area (Å²) in [4.78, 5) is 33.8. The van der Waals surface area contributed by atoms with E-state index in [1.54, 1.807) is 6.92 Å². The van der Waals surface area contributed by atoms with E-state index in [1.165, 1.54) is 0 Å². The highest BCUT2D eigenvalue weighted by molar-refractivity contribution is 7.46. The van der Waals surface area contributed by atoms with E-state index in [-0.39, 0.29) is 19.4 Å². The minimum Gasteiger partial charge on any atom is -0.303 e. The van der Waals surface area contributed by atoms with E-state index in [4.69, 9.17) is 19.6 Å². The monoisotopic (exact) mass is 278 g/mol. The molecule has 0 rings (SSSR count). The molecule has 0 aliphatic carbocycles. The van der Waals surface area contributed by atoms with Crippen molar-refractivity contribution in [3.8, 4) is 0 Å². The predicted octanol–water partition coefficient (Wildman–Crippen LogP) is 0.764. The Hall–Kier alpha value is 0.220. The van der Waals surface area contributed by atoms with Gasteiger partial charge >= 0.3 is 15.6 Å². The van der Waals surface area contributed by atoms with Crippen LogP contribution in [0, 0.1) is 0 Å². The number of rotatable bonds is 8. The maximum atomic E-state index is 10.5. The van der Waals surface area contributed by atoms with Crippen molar-refractivity contribution in [2.24, 2.45) is 0 Å². The topological polar surface area (TPSA) is 134 Å². The fraction of sp³-hybridized carbons (Fsp3) is 1.00. The van der Waals surface area contributed by atoms with Crippen molar-refractivity contribution >= 4 is 15.6 Å². The molecule has 0 fully saturated rings. The van der Waals surface area contributed by atoms with E-state index >= 15 is 0 Å². The molecule has 0 aromatic carbocycles. The van der Waals surface area contributed by atoms with Crippen molar-refractivity contribution in [2.75, 3.05) is 6.61 Å². The molecule has 0 saturated heterocycles. The van der Waals surface area contributed by atoms with Crippen molar-refractivity contribution in [1.29, 1.82) is 0 Å². The molecule has 4 N–H and O–H groups in total. The predicted molar refractivity (Wildman–Crippen MR) is 54.4 cm³/mol. The second-order valence-electron chi connectivity index (χ2n) is 3.09. The fourth-order valence-electron chi connectivity index (χ4n) is 1.02. The molecular weight excluding hydrogens is 262 g/mol. The molecule has 0 heterocycles. The van der Waals surface area contributed by atoms with Gasteiger partial charge in [0.15, 0.2) is 0 Å². The Morgan fingerprint density at radius 1 is 1.12 bits per heavy atom. The molecule has 0 aromatic heterocycles. The zero-order chi connectivity index (χ0) is 12.8. The van der Waals surface area contributed by atoms with Gasteiger partial charge in [0.1, 0.15) is 0 Å². The molecule has 0 amide bonds. The Labute approximate surface area is 93.1 Å². The average Bonchev–Trinajstić information content (AvgIpc) is 2.06. The summed E-state index contributed by atoms with van der Waals surface area (Å²) in [7, 11) is -8.98. The highest BCUT2D eigenvalue weighted by Gasteiger charge is 2.21. The average molecular weight is 278 g/mol. The van der Waals surface area contributed by atoms with E-state index in [0.717, 1.165) is 0 Å². The van der Waals surface area contributed by atoms with E-state index in [0.29, 0.717) is 6.42 Å². The van der Waals surface area contributed by atoms with Crippen LogP contribution in [-0.2, 0) is 18.2 Å². The van der Waals surface area contributed by atoms with E-state index in [1.807, 2.05) is 0 Å². The summed E-state index contributed by atoms with van der Waals surface area (Å²) in [5, 5.41) is 0. The van der Waals surface area contributed by atoms with Crippen LogP contribution in [0.5, 0.6) is 0 Å². The maximum absolute atomic E-state index is 10.5. The number of hydrogen-bond donors (Lipinski definition) is 4. The van der Waals surface area contributed by atoms with Crippen LogP contribution in [0.25, 0.3) is 0 Å². The molecule has 0 spiro atoms. The number of phosphoric ester groups is 2. The molecule has 0 aliphatic heterocycles. The molecule has 0 aliphatic rings.